The van der Waals surface area contributed by atoms with Crippen molar-refractivity contribution in [2.24, 2.45) is 10.2 Å². The van der Waals surface area contributed by atoms with Crippen molar-refractivity contribution in [2.75, 3.05) is 19.3 Å². The summed E-state index contributed by atoms with van der Waals surface area (Å²) in [5, 5.41) is 8.73. The molecule has 0 atom stereocenters. The van der Waals surface area contributed by atoms with E-state index in [-0.39, 0.29) is 25.2 Å². The normalized spacial score (nSPS) is 19.2. The summed E-state index contributed by atoms with van der Waals surface area (Å²) in [5.41, 5.74) is -3.28. The zero-order valence-electron chi connectivity index (χ0n) is 17.9. The molecule has 3 rings (SSSR count). The van der Waals surface area contributed by atoms with E-state index in [1.54, 1.807) is 20.8 Å². The van der Waals surface area contributed by atoms with Crippen LogP contribution in [0, 0.1) is 0 Å². The molecule has 32 heavy (non-hydrogen) atoms. The number of halogens is 3. The molecule has 0 aliphatic carbocycles. The molecule has 176 valence electrons. The number of sulfone groups is 1. The Labute approximate surface area is 182 Å². The first-order valence-corrected chi connectivity index (χ1v) is 11.5. The molecule has 1 aromatic carbocycles. The van der Waals surface area contributed by atoms with E-state index in [0.29, 0.717) is 5.56 Å². The average Bonchev–Trinajstić information content (AvgIpc) is 3.38. The van der Waals surface area contributed by atoms with E-state index >= 15 is 0 Å². The van der Waals surface area contributed by atoms with Gasteiger partial charge in [0.05, 0.1) is 13.1 Å². The Hall–Kier alpha value is -2.70. The molecule has 0 spiro atoms. The van der Waals surface area contributed by atoms with Gasteiger partial charge in [-0.2, -0.15) is 13.2 Å². The second kappa shape index (κ2) is 7.42. The van der Waals surface area contributed by atoms with Crippen molar-refractivity contribution in [3.63, 3.8) is 0 Å². The number of ether oxygens (including phenoxy) is 1. The second-order valence-corrected chi connectivity index (χ2v) is 11.2. The Bertz CT molecular complexity index is 1070. The molecule has 1 fully saturated rings. The van der Waals surface area contributed by atoms with Gasteiger partial charge in [0.2, 0.25) is 5.91 Å². The molecule has 1 N–H and O–H groups in total. The monoisotopic (exact) mass is 476 g/mol. The van der Waals surface area contributed by atoms with Crippen molar-refractivity contribution >= 4 is 21.8 Å². The van der Waals surface area contributed by atoms with E-state index in [1.165, 1.54) is 24.3 Å². The van der Waals surface area contributed by atoms with Crippen LogP contribution in [0.2, 0.25) is 0 Å². The van der Waals surface area contributed by atoms with Crippen molar-refractivity contribution in [1.82, 2.24) is 10.2 Å². The van der Waals surface area contributed by atoms with E-state index in [2.05, 4.69) is 15.5 Å². The first-order valence-electron chi connectivity index (χ1n) is 9.57. The summed E-state index contributed by atoms with van der Waals surface area (Å²) in [6.07, 6.45) is -4.54. The number of carbonyl (C=O) groups excluding carboxylic acids is 2. The van der Waals surface area contributed by atoms with E-state index in [0.717, 1.165) is 11.2 Å². The highest BCUT2D eigenvalue weighted by Gasteiger charge is 2.65. The van der Waals surface area contributed by atoms with Gasteiger partial charge in [-0.05, 0) is 32.4 Å². The van der Waals surface area contributed by atoms with Gasteiger partial charge in [0.1, 0.15) is 5.60 Å². The lowest BCUT2D eigenvalue weighted by Crippen LogP contribution is -2.73. The first kappa shape index (κ1) is 24.0. The number of amides is 2. The van der Waals surface area contributed by atoms with Crippen molar-refractivity contribution in [3.05, 3.63) is 35.4 Å². The van der Waals surface area contributed by atoms with E-state index in [1.807, 2.05) is 0 Å². The van der Waals surface area contributed by atoms with Crippen LogP contribution in [-0.4, -0.2) is 61.2 Å². The molecule has 0 aromatic heterocycles. The SMILES string of the molecule is CC(C)(C)OC(=O)N1CC(C(=O)NCc2cccc(C3(C(F)(F)F)N=N3)c2)(S(C)(=O)=O)C1. The number of likely N-dealkylation sites (tertiary alicyclic amines) is 1. The number of nitrogens with zero attached hydrogens (tertiary/aromatic N) is 3. The molecular weight excluding hydrogens is 453 g/mol. The lowest BCUT2D eigenvalue weighted by molar-refractivity contribution is -0.166. The van der Waals surface area contributed by atoms with Gasteiger partial charge in [-0.1, -0.05) is 18.2 Å². The molecule has 2 aliphatic heterocycles. The molecule has 2 amide bonds. The van der Waals surface area contributed by atoms with Crippen LogP contribution in [0.25, 0.3) is 0 Å². The fourth-order valence-corrected chi connectivity index (χ4v) is 4.45. The first-order chi connectivity index (χ1) is 14.5. The molecule has 2 heterocycles. The van der Waals surface area contributed by atoms with E-state index < -0.39 is 44.0 Å². The minimum Gasteiger partial charge on any atom is -0.444 e. The molecule has 0 radical (unpaired) electrons. The van der Waals surface area contributed by atoms with Gasteiger partial charge < -0.3 is 15.0 Å². The molecule has 13 heteroatoms. The molecule has 0 bridgehead atoms. The largest absolute Gasteiger partial charge is 0.444 e. The number of hydrogen-bond acceptors (Lipinski definition) is 7. The van der Waals surface area contributed by atoms with Crippen LogP contribution in [0.3, 0.4) is 0 Å². The highest BCUT2D eigenvalue weighted by atomic mass is 32.2. The maximum Gasteiger partial charge on any atom is 0.442 e. The van der Waals surface area contributed by atoms with E-state index in [4.69, 9.17) is 4.74 Å². The van der Waals surface area contributed by atoms with Crippen LogP contribution in [0.1, 0.15) is 31.9 Å². The zero-order valence-corrected chi connectivity index (χ0v) is 18.7. The van der Waals surface area contributed by atoms with Gasteiger partial charge in [0.25, 0.3) is 0 Å². The number of carbonyl (C=O) groups is 2. The molecule has 0 saturated carbocycles. The standard InChI is InChI=1S/C19H23F3N4O5S/c1-16(2,3)31-15(28)26-10-17(11-26,32(4,29)30)14(27)23-9-12-6-5-7-13(8-12)18(24-25-18)19(20,21)22/h5-8H,9-11H2,1-4H3,(H,23,27). The third kappa shape index (κ3) is 4.30. The Morgan fingerprint density at radius 1 is 1.19 bits per heavy atom. The summed E-state index contributed by atoms with van der Waals surface area (Å²) in [7, 11) is -3.92. The third-order valence-electron chi connectivity index (χ3n) is 5.15. The molecule has 1 aromatic rings. The average molecular weight is 476 g/mol. The summed E-state index contributed by atoms with van der Waals surface area (Å²) < 4.78 is 67.7. The van der Waals surface area contributed by atoms with Crippen molar-refractivity contribution < 1.29 is 35.9 Å². The highest BCUT2D eigenvalue weighted by Crippen LogP contribution is 2.52. The number of rotatable bonds is 5. The maximum absolute atomic E-state index is 13.2. The quantitative estimate of drug-likeness (QED) is 0.701. The smallest absolute Gasteiger partial charge is 0.442 e. The third-order valence-corrected chi connectivity index (χ3v) is 7.01. The number of benzene rings is 1. The van der Waals surface area contributed by atoms with Gasteiger partial charge in [-0.25, -0.2) is 13.2 Å². The van der Waals surface area contributed by atoms with Crippen LogP contribution in [0.15, 0.2) is 34.5 Å². The lowest BCUT2D eigenvalue weighted by atomic mass is 9.97. The number of nitrogens with one attached hydrogen (secondary N) is 1. The van der Waals surface area contributed by atoms with Gasteiger partial charge in [-0.3, -0.25) is 4.79 Å². The van der Waals surface area contributed by atoms with Crippen LogP contribution >= 0.6 is 0 Å². The van der Waals surface area contributed by atoms with Crippen LogP contribution in [0.5, 0.6) is 0 Å². The minimum atomic E-state index is -4.69. The maximum atomic E-state index is 13.2. The van der Waals surface area contributed by atoms with Crippen molar-refractivity contribution in [1.29, 1.82) is 0 Å². The number of hydrogen-bond donors (Lipinski definition) is 1. The van der Waals surface area contributed by atoms with Crippen molar-refractivity contribution in [2.45, 2.75) is 49.5 Å². The van der Waals surface area contributed by atoms with Crippen LogP contribution in [-0.2, 0) is 31.6 Å². The van der Waals surface area contributed by atoms with Crippen LogP contribution < -0.4 is 5.32 Å². The Morgan fingerprint density at radius 3 is 2.25 bits per heavy atom. The Balaban J connectivity index is 1.70. The molecule has 1 saturated heterocycles. The lowest BCUT2D eigenvalue weighted by Gasteiger charge is -2.46. The molecule has 2 aliphatic rings. The summed E-state index contributed by atoms with van der Waals surface area (Å²) >= 11 is 0. The fourth-order valence-electron chi connectivity index (χ4n) is 3.26. The fraction of sp³-hybridized carbons (Fsp3) is 0.579. The predicted molar refractivity (Wildman–Crippen MR) is 106 cm³/mol. The Morgan fingerprint density at radius 2 is 1.78 bits per heavy atom. The number of alkyl halides is 3. The van der Waals surface area contributed by atoms with Gasteiger partial charge >= 0.3 is 17.9 Å². The minimum absolute atomic E-state index is 0.200. The van der Waals surface area contributed by atoms with Gasteiger partial charge in [0, 0.05) is 18.4 Å². The summed E-state index contributed by atoms with van der Waals surface area (Å²) in [5.74, 6) is -0.850. The van der Waals surface area contributed by atoms with Gasteiger partial charge in [-0.15, -0.1) is 10.2 Å². The molecule has 9 nitrogen and oxygen atoms in total. The molecule has 0 unspecified atom stereocenters. The topological polar surface area (TPSA) is 118 Å². The summed E-state index contributed by atoms with van der Waals surface area (Å²) in [4.78, 5) is 26.0. The summed E-state index contributed by atoms with van der Waals surface area (Å²) in [6, 6.07) is 5.28. The second-order valence-electron chi connectivity index (χ2n) is 8.86. The van der Waals surface area contributed by atoms with Gasteiger partial charge in [0.15, 0.2) is 14.6 Å². The predicted octanol–water partition coefficient (Wildman–Crippen LogP) is 2.52. The summed E-state index contributed by atoms with van der Waals surface area (Å²) in [6.45, 7) is 3.97. The van der Waals surface area contributed by atoms with Crippen LogP contribution in [0.4, 0.5) is 18.0 Å². The zero-order chi connectivity index (χ0) is 24.2. The van der Waals surface area contributed by atoms with Crippen molar-refractivity contribution in [3.8, 4) is 0 Å². The Kier molecular flexibility index (Phi) is 5.56. The van der Waals surface area contributed by atoms with E-state index in [9.17, 15) is 31.2 Å². The molecular formula is C19H23F3N4O5S. The highest BCUT2D eigenvalue weighted by molar-refractivity contribution is 7.93.